The molecule has 0 amide bonds. The quantitative estimate of drug-likeness (QED) is 0.708. The fourth-order valence-electron chi connectivity index (χ4n) is 2.33. The lowest BCUT2D eigenvalue weighted by Gasteiger charge is -2.22. The third kappa shape index (κ3) is 5.05. The summed E-state index contributed by atoms with van der Waals surface area (Å²) in [6.45, 7) is 6.33. The third-order valence-corrected chi connectivity index (χ3v) is 3.42. The van der Waals surface area contributed by atoms with Gasteiger partial charge in [-0.1, -0.05) is 38.5 Å². The van der Waals surface area contributed by atoms with E-state index in [0.29, 0.717) is 13.0 Å². The average Bonchev–Trinajstić information content (AvgIpc) is 2.50. The summed E-state index contributed by atoms with van der Waals surface area (Å²) in [4.78, 5) is 12.0. The minimum absolute atomic E-state index is 0.214. The SMILES string of the molecule is CCCC(Oc1ccccc1C(CC)NC)C(=O)OCC. The Hall–Kier alpha value is -1.55. The van der Waals surface area contributed by atoms with E-state index in [9.17, 15) is 4.79 Å². The Kier molecular flexibility index (Phi) is 7.83. The van der Waals surface area contributed by atoms with Crippen LogP contribution in [0.15, 0.2) is 24.3 Å². The zero-order chi connectivity index (χ0) is 15.7. The molecule has 1 aromatic rings. The number of rotatable bonds is 9. The molecule has 0 spiro atoms. The first-order valence-electron chi connectivity index (χ1n) is 7.77. The number of carbonyl (C=O) groups excluding carboxylic acids is 1. The number of carbonyl (C=O) groups is 1. The van der Waals surface area contributed by atoms with Crippen LogP contribution in [0.25, 0.3) is 0 Å². The Bertz CT molecular complexity index is 430. The smallest absolute Gasteiger partial charge is 0.347 e. The topological polar surface area (TPSA) is 47.6 Å². The second-order valence-corrected chi connectivity index (χ2v) is 4.93. The van der Waals surface area contributed by atoms with Crippen molar-refractivity contribution < 1.29 is 14.3 Å². The van der Waals surface area contributed by atoms with Crippen LogP contribution in [0.1, 0.15) is 51.6 Å². The van der Waals surface area contributed by atoms with E-state index in [1.807, 2.05) is 45.2 Å². The molecule has 118 valence electrons. The Morgan fingerprint density at radius 3 is 2.52 bits per heavy atom. The van der Waals surface area contributed by atoms with Gasteiger partial charge in [-0.2, -0.15) is 0 Å². The monoisotopic (exact) mass is 293 g/mol. The summed E-state index contributed by atoms with van der Waals surface area (Å²) in [6, 6.07) is 8.08. The highest BCUT2D eigenvalue weighted by Crippen LogP contribution is 2.28. The van der Waals surface area contributed by atoms with Gasteiger partial charge in [-0.25, -0.2) is 4.79 Å². The molecular weight excluding hydrogens is 266 g/mol. The first-order valence-corrected chi connectivity index (χ1v) is 7.77. The Labute approximate surface area is 127 Å². The molecule has 0 fully saturated rings. The van der Waals surface area contributed by atoms with Crippen molar-refractivity contribution >= 4 is 5.97 Å². The maximum absolute atomic E-state index is 12.0. The molecule has 0 radical (unpaired) electrons. The summed E-state index contributed by atoms with van der Waals surface area (Å²) in [5.41, 5.74) is 1.08. The highest BCUT2D eigenvalue weighted by Gasteiger charge is 2.23. The van der Waals surface area contributed by atoms with Crippen molar-refractivity contribution in [2.45, 2.75) is 52.2 Å². The van der Waals surface area contributed by atoms with Crippen molar-refractivity contribution in [3.8, 4) is 5.75 Å². The van der Waals surface area contributed by atoms with Gasteiger partial charge in [-0.3, -0.25) is 0 Å². The molecule has 0 aliphatic heterocycles. The summed E-state index contributed by atoms with van der Waals surface area (Å²) in [7, 11) is 1.93. The van der Waals surface area contributed by atoms with Gasteiger partial charge in [0, 0.05) is 11.6 Å². The maximum atomic E-state index is 12.0. The van der Waals surface area contributed by atoms with E-state index in [4.69, 9.17) is 9.47 Å². The largest absolute Gasteiger partial charge is 0.478 e. The summed E-state index contributed by atoms with van der Waals surface area (Å²) in [5, 5.41) is 3.27. The summed E-state index contributed by atoms with van der Waals surface area (Å²) < 4.78 is 11.1. The third-order valence-electron chi connectivity index (χ3n) is 3.42. The number of hydrogen-bond acceptors (Lipinski definition) is 4. The predicted octanol–water partition coefficient (Wildman–Crippen LogP) is 3.47. The maximum Gasteiger partial charge on any atom is 0.347 e. The zero-order valence-electron chi connectivity index (χ0n) is 13.5. The lowest BCUT2D eigenvalue weighted by atomic mass is 10.0. The van der Waals surface area contributed by atoms with E-state index in [2.05, 4.69) is 12.2 Å². The van der Waals surface area contributed by atoms with Crippen molar-refractivity contribution in [3.63, 3.8) is 0 Å². The van der Waals surface area contributed by atoms with Crippen LogP contribution in [-0.2, 0) is 9.53 Å². The summed E-state index contributed by atoms with van der Waals surface area (Å²) in [5.74, 6) is 0.469. The number of ether oxygens (including phenoxy) is 2. The van der Waals surface area contributed by atoms with Crippen molar-refractivity contribution in [2.75, 3.05) is 13.7 Å². The Balaban J connectivity index is 2.95. The average molecular weight is 293 g/mol. The molecule has 4 heteroatoms. The number of benzene rings is 1. The predicted molar refractivity (Wildman–Crippen MR) is 84.5 cm³/mol. The Morgan fingerprint density at radius 1 is 1.24 bits per heavy atom. The molecule has 0 saturated carbocycles. The van der Waals surface area contributed by atoms with Gasteiger partial charge in [0.15, 0.2) is 6.10 Å². The van der Waals surface area contributed by atoms with Crippen LogP contribution < -0.4 is 10.1 Å². The van der Waals surface area contributed by atoms with Crippen LogP contribution in [0, 0.1) is 0 Å². The molecule has 2 unspecified atom stereocenters. The van der Waals surface area contributed by atoms with Crippen molar-refractivity contribution in [1.82, 2.24) is 5.32 Å². The van der Waals surface area contributed by atoms with Crippen molar-refractivity contribution in [3.05, 3.63) is 29.8 Å². The molecule has 0 aromatic heterocycles. The van der Waals surface area contributed by atoms with Gasteiger partial charge in [0.2, 0.25) is 0 Å². The number of nitrogens with one attached hydrogen (secondary N) is 1. The molecular formula is C17H27NO3. The molecule has 2 atom stereocenters. The molecule has 0 aliphatic rings. The molecule has 1 rings (SSSR count). The van der Waals surface area contributed by atoms with E-state index in [1.54, 1.807) is 0 Å². The molecule has 1 N–H and O–H groups in total. The van der Waals surface area contributed by atoms with E-state index in [1.165, 1.54) is 0 Å². The van der Waals surface area contributed by atoms with E-state index in [0.717, 1.165) is 24.2 Å². The van der Waals surface area contributed by atoms with Gasteiger partial charge < -0.3 is 14.8 Å². The van der Waals surface area contributed by atoms with E-state index >= 15 is 0 Å². The summed E-state index contributed by atoms with van der Waals surface area (Å²) in [6.07, 6.45) is 1.94. The Morgan fingerprint density at radius 2 is 1.95 bits per heavy atom. The highest BCUT2D eigenvalue weighted by molar-refractivity contribution is 5.75. The van der Waals surface area contributed by atoms with Gasteiger partial charge >= 0.3 is 5.97 Å². The fourth-order valence-corrected chi connectivity index (χ4v) is 2.33. The van der Waals surface area contributed by atoms with Crippen molar-refractivity contribution in [1.29, 1.82) is 0 Å². The molecule has 4 nitrogen and oxygen atoms in total. The molecule has 1 aromatic carbocycles. The standard InChI is InChI=1S/C17H27NO3/c1-5-10-16(17(19)20-7-3)21-15-12-9-8-11-13(15)14(6-2)18-4/h8-9,11-12,14,16,18H,5-7,10H2,1-4H3. The van der Waals surface area contributed by atoms with Crippen LogP contribution in [0.2, 0.25) is 0 Å². The molecule has 0 saturated heterocycles. The fraction of sp³-hybridized carbons (Fsp3) is 0.588. The number of hydrogen-bond donors (Lipinski definition) is 1. The van der Waals surface area contributed by atoms with Gasteiger partial charge in [0.25, 0.3) is 0 Å². The van der Waals surface area contributed by atoms with Crippen LogP contribution in [-0.4, -0.2) is 25.7 Å². The zero-order valence-corrected chi connectivity index (χ0v) is 13.5. The second-order valence-electron chi connectivity index (χ2n) is 4.93. The van der Waals surface area contributed by atoms with Gasteiger partial charge in [-0.05, 0) is 32.9 Å². The first kappa shape index (κ1) is 17.5. The first-order chi connectivity index (χ1) is 10.2. The van der Waals surface area contributed by atoms with Crippen molar-refractivity contribution in [2.24, 2.45) is 0 Å². The second kappa shape index (κ2) is 9.40. The van der Waals surface area contributed by atoms with E-state index < -0.39 is 6.10 Å². The minimum atomic E-state index is -0.537. The molecule has 21 heavy (non-hydrogen) atoms. The molecule has 0 bridgehead atoms. The van der Waals surface area contributed by atoms with Crippen LogP contribution in [0.4, 0.5) is 0 Å². The number of esters is 1. The van der Waals surface area contributed by atoms with Gasteiger partial charge in [0.1, 0.15) is 5.75 Å². The van der Waals surface area contributed by atoms with Crippen LogP contribution in [0.5, 0.6) is 5.75 Å². The van der Waals surface area contributed by atoms with Gasteiger partial charge in [-0.15, -0.1) is 0 Å². The minimum Gasteiger partial charge on any atom is -0.478 e. The van der Waals surface area contributed by atoms with Crippen LogP contribution >= 0.6 is 0 Å². The van der Waals surface area contributed by atoms with Gasteiger partial charge in [0.05, 0.1) is 6.61 Å². The molecule has 0 aliphatic carbocycles. The van der Waals surface area contributed by atoms with Crippen LogP contribution in [0.3, 0.4) is 0 Å². The number of para-hydroxylation sites is 1. The summed E-state index contributed by atoms with van der Waals surface area (Å²) >= 11 is 0. The highest BCUT2D eigenvalue weighted by atomic mass is 16.6. The van der Waals surface area contributed by atoms with E-state index in [-0.39, 0.29) is 12.0 Å². The molecule has 0 heterocycles. The lowest BCUT2D eigenvalue weighted by molar-refractivity contribution is -0.151. The lowest BCUT2D eigenvalue weighted by Crippen LogP contribution is -2.30. The normalized spacial score (nSPS) is 13.5.